The Morgan fingerprint density at radius 3 is 1.57 bits per heavy atom. The smallest absolute Gasteiger partial charge is 0.354 e. The molecular formula is C63H94Cl2N2O9. The number of carbonyl (C=O) groups is 2. The molecule has 13 heteroatoms. The van der Waals surface area contributed by atoms with Gasteiger partial charge in [0.1, 0.15) is 16.5 Å². The van der Waals surface area contributed by atoms with Crippen LogP contribution >= 0.6 is 23.2 Å². The van der Waals surface area contributed by atoms with E-state index in [1.54, 1.807) is 12.1 Å². The first-order valence-corrected chi connectivity index (χ1v) is 30.8. The lowest BCUT2D eigenvalue weighted by Gasteiger charge is -2.64. The second kappa shape index (κ2) is 22.8. The van der Waals surface area contributed by atoms with Crippen molar-refractivity contribution in [1.29, 1.82) is 0 Å². The van der Waals surface area contributed by atoms with Crippen molar-refractivity contribution in [2.45, 2.75) is 202 Å². The van der Waals surface area contributed by atoms with E-state index in [9.17, 15) is 35.1 Å². The summed E-state index contributed by atoms with van der Waals surface area (Å²) in [6, 6.07) is 4.82. The summed E-state index contributed by atoms with van der Waals surface area (Å²) in [5.74, 6) is 6.14. The van der Waals surface area contributed by atoms with Crippen molar-refractivity contribution in [2.75, 3.05) is 13.2 Å². The number of ether oxygens (including phenoxy) is 2. The Morgan fingerprint density at radius 1 is 0.645 bits per heavy atom. The third-order valence-corrected chi connectivity index (χ3v) is 24.7. The average molecular weight is 1090 g/mol. The van der Waals surface area contributed by atoms with Gasteiger partial charge < -0.3 is 35.0 Å². The molecule has 0 amide bonds. The van der Waals surface area contributed by atoms with E-state index in [-0.39, 0.29) is 69.2 Å². The summed E-state index contributed by atoms with van der Waals surface area (Å²) in [6.45, 7) is 21.7. The summed E-state index contributed by atoms with van der Waals surface area (Å²) in [5, 5.41) is 54.7. The molecule has 8 saturated carbocycles. The lowest BCUT2D eigenvalue weighted by Crippen LogP contribution is -2.62. The maximum Gasteiger partial charge on any atom is 0.354 e. The zero-order valence-electron chi connectivity index (χ0n) is 47.4. The van der Waals surface area contributed by atoms with Crippen LogP contribution in [0.3, 0.4) is 0 Å². The Bertz CT molecular complexity index is 2390. The molecule has 0 saturated heterocycles. The van der Waals surface area contributed by atoms with Crippen molar-refractivity contribution in [3.63, 3.8) is 0 Å². The minimum absolute atomic E-state index is 0.0693. The number of hydrogen-bond acceptors (Lipinski definition) is 10. The van der Waals surface area contributed by atoms with E-state index >= 15 is 0 Å². The Balaban J connectivity index is 0.000000186. The summed E-state index contributed by atoms with van der Waals surface area (Å²) in [4.78, 5) is 31.2. The maximum atomic E-state index is 11.9. The van der Waals surface area contributed by atoms with Crippen molar-refractivity contribution in [3.05, 3.63) is 45.8 Å². The summed E-state index contributed by atoms with van der Waals surface area (Å²) >= 11 is 12.3. The van der Waals surface area contributed by atoms with Gasteiger partial charge in [0.15, 0.2) is 11.5 Å². The lowest BCUT2D eigenvalue weighted by atomic mass is 9.41. The van der Waals surface area contributed by atoms with Crippen molar-refractivity contribution < 1.29 is 44.6 Å². The number of halogens is 2. The SMILES string of the molecule is CC[C@H]1[C@@H](O)[C@@H]2[C@H](CC[C@]3(C)[C@@H]([C@H](C)CCOc4cc(C(=O)O)ncc4Cl)CC[C@@H]23)[C@@]2(C)CC[C@@H](O)C[C@@H]12.CC[C@H]1[C@@H](O)[C@@H]2[C@H](CC[C@]3(C)[C@@H]([C@H](C)CCOc4ccc(Cl)c(C(C)=O)n4)CC[C@@H]23)[C@@]2(C)CC[C@@H](O)C[C@@H]12. The summed E-state index contributed by atoms with van der Waals surface area (Å²) in [7, 11) is 0. The van der Waals surface area contributed by atoms with Crippen LogP contribution in [0.15, 0.2) is 24.4 Å². The molecule has 2 heterocycles. The fourth-order valence-corrected chi connectivity index (χ4v) is 20.8. The van der Waals surface area contributed by atoms with E-state index in [4.69, 9.17) is 32.7 Å². The number of aliphatic hydroxyl groups is 4. The molecule has 0 radical (unpaired) electrons. The topological polar surface area (TPSA) is 180 Å². The number of ketones is 1. The molecule has 5 N–H and O–H groups in total. The summed E-state index contributed by atoms with van der Waals surface area (Å²) in [5.41, 5.74) is 1.12. The van der Waals surface area contributed by atoms with Gasteiger partial charge in [-0.05, 0) is 213 Å². The molecule has 0 spiro atoms. The zero-order chi connectivity index (χ0) is 54.8. The van der Waals surface area contributed by atoms with Crippen molar-refractivity contribution >= 4 is 35.0 Å². The van der Waals surface area contributed by atoms with E-state index in [0.717, 1.165) is 64.2 Å². The minimum atomic E-state index is -1.10. The standard InChI is InChI=1S/C32H48ClNO4.C31H46ClNO5/c1-6-21-25-17-20(36)11-14-32(25,5)24-12-15-31(4)22(7-8-23(31)28(24)30(21)37)18(2)13-16-38-27-10-9-26(33)29(34-27)19(3)35;1-5-19-23-14-18(34)8-11-31(23,4)22-9-12-30(3)20(6-7-21(30)27(22)28(19)35)17(2)10-13-38-26-15-25(29(36)37)33-16-24(26)32/h9-10,18,20-25,28,30,36-37H,6-8,11-17H2,1-5H3;15-23,27-28,34-35H,5-14H2,1-4H3,(H,36,37)/t18-,20-,21-,22-,23+,24+,25+,28+,30-,31-,32-;17-,18-,19-,20-,21+,22+,23+,27+,28-,30-,31-/m11/s1. The first-order chi connectivity index (χ1) is 36.0. The second-order valence-corrected chi connectivity index (χ2v) is 28.1. The maximum absolute atomic E-state index is 11.9. The summed E-state index contributed by atoms with van der Waals surface area (Å²) < 4.78 is 11.9. The lowest BCUT2D eigenvalue weighted by molar-refractivity contribution is -0.203. The Labute approximate surface area is 464 Å². The Morgan fingerprint density at radius 2 is 1.11 bits per heavy atom. The van der Waals surface area contributed by atoms with Crippen molar-refractivity contribution in [2.24, 2.45) is 105 Å². The van der Waals surface area contributed by atoms with Gasteiger partial charge in [-0.15, -0.1) is 0 Å². The van der Waals surface area contributed by atoms with Crippen molar-refractivity contribution in [3.8, 4) is 11.6 Å². The van der Waals surface area contributed by atoms with Crippen LogP contribution < -0.4 is 9.47 Å². The van der Waals surface area contributed by atoms with Crippen LogP contribution in [0.25, 0.3) is 0 Å². The van der Waals surface area contributed by atoms with Gasteiger partial charge in [0.05, 0.1) is 48.8 Å². The number of carbonyl (C=O) groups excluding carboxylic acids is 1. The minimum Gasteiger partial charge on any atom is -0.492 e. The molecular weight excluding hydrogens is 1000 g/mol. The first kappa shape index (κ1) is 58.1. The van der Waals surface area contributed by atoms with Gasteiger partial charge in [-0.2, -0.15) is 0 Å². The van der Waals surface area contributed by atoms with Gasteiger partial charge in [0, 0.05) is 19.1 Å². The molecule has 8 aliphatic rings. The van der Waals surface area contributed by atoms with Crippen LogP contribution in [0, 0.1) is 105 Å². The van der Waals surface area contributed by atoms with Crippen LogP contribution in [-0.2, 0) is 0 Å². The number of aliphatic hydroxyl groups excluding tert-OH is 4. The second-order valence-electron chi connectivity index (χ2n) is 27.3. The molecule has 76 heavy (non-hydrogen) atoms. The molecule has 2 aromatic heterocycles. The number of aromatic nitrogens is 2. The van der Waals surface area contributed by atoms with E-state index in [1.807, 2.05) is 0 Å². The number of carboxylic acids is 1. The normalized spacial score (nSPS) is 43.0. The highest BCUT2D eigenvalue weighted by Gasteiger charge is 2.67. The van der Waals surface area contributed by atoms with Gasteiger partial charge in [-0.3, -0.25) is 4.79 Å². The Hall–Kier alpha value is -2.54. The van der Waals surface area contributed by atoms with E-state index < -0.39 is 5.97 Å². The molecule has 11 nitrogen and oxygen atoms in total. The van der Waals surface area contributed by atoms with Crippen molar-refractivity contribution in [1.82, 2.24) is 9.97 Å². The predicted octanol–water partition coefficient (Wildman–Crippen LogP) is 13.4. The van der Waals surface area contributed by atoms with Gasteiger partial charge in [-0.25, -0.2) is 14.8 Å². The summed E-state index contributed by atoms with van der Waals surface area (Å²) in [6.07, 6.45) is 19.6. The molecule has 22 atom stereocenters. The molecule has 0 bridgehead atoms. The van der Waals surface area contributed by atoms with E-state index in [2.05, 4.69) is 65.4 Å². The van der Waals surface area contributed by atoms with Gasteiger partial charge in [0.25, 0.3) is 0 Å². The van der Waals surface area contributed by atoms with Crippen LogP contribution in [0.1, 0.15) is 199 Å². The number of rotatable bonds is 14. The quantitative estimate of drug-likeness (QED) is 0.114. The molecule has 0 aromatic carbocycles. The van der Waals surface area contributed by atoms with Crippen LogP contribution in [0.5, 0.6) is 11.6 Å². The van der Waals surface area contributed by atoms with Gasteiger partial charge >= 0.3 is 5.97 Å². The average Bonchev–Trinajstić information content (AvgIpc) is 4.03. The highest BCUT2D eigenvalue weighted by molar-refractivity contribution is 6.33. The van der Waals surface area contributed by atoms with E-state index in [1.165, 1.54) is 70.6 Å². The number of Topliss-reactive ketones (excluding diaryl/α,β-unsaturated/α-hetero) is 1. The number of nitrogens with zero attached hydrogens (tertiary/aromatic N) is 2. The van der Waals surface area contributed by atoms with E-state index in [0.29, 0.717) is 112 Å². The molecule has 424 valence electrons. The monoisotopic (exact) mass is 1090 g/mol. The molecule has 0 aliphatic heterocycles. The zero-order valence-corrected chi connectivity index (χ0v) is 48.9. The predicted molar refractivity (Wildman–Crippen MR) is 298 cm³/mol. The fraction of sp³-hybridized carbons (Fsp3) is 0.810. The number of hydrogen-bond donors (Lipinski definition) is 5. The van der Waals surface area contributed by atoms with Crippen LogP contribution in [0.4, 0.5) is 0 Å². The molecule has 10 rings (SSSR count). The van der Waals surface area contributed by atoms with Gasteiger partial charge in [-0.1, -0.05) is 91.4 Å². The highest BCUT2D eigenvalue weighted by Crippen LogP contribution is 2.71. The number of fused-ring (bicyclic) bond motifs is 10. The number of pyridine rings is 2. The molecule has 2 aromatic rings. The fourth-order valence-electron chi connectivity index (χ4n) is 20.4. The molecule has 0 unspecified atom stereocenters. The highest BCUT2D eigenvalue weighted by atomic mass is 35.5. The number of carboxylic acid groups (broad SMARTS) is 1. The van der Waals surface area contributed by atoms with Gasteiger partial charge in [0.2, 0.25) is 5.88 Å². The first-order valence-electron chi connectivity index (χ1n) is 30.1. The third kappa shape index (κ3) is 10.3. The molecule has 8 aliphatic carbocycles. The number of aromatic carboxylic acids is 1. The Kier molecular flexibility index (Phi) is 17.4. The third-order valence-electron chi connectivity index (χ3n) is 24.1. The van der Waals surface area contributed by atoms with Crippen LogP contribution in [-0.4, -0.2) is 84.9 Å². The largest absolute Gasteiger partial charge is 0.492 e. The van der Waals surface area contributed by atoms with Crippen LogP contribution in [0.2, 0.25) is 10.0 Å². The molecule has 8 fully saturated rings.